The number of nitrogens with zero attached hydrogens (tertiary/aromatic N) is 3. The molecule has 3 rings (SSSR count). The third kappa shape index (κ3) is 5.55. The van der Waals surface area contributed by atoms with Crippen LogP contribution in [0.15, 0.2) is 54.6 Å². The Morgan fingerprint density at radius 3 is 2.53 bits per heavy atom. The molecule has 30 heavy (non-hydrogen) atoms. The van der Waals surface area contributed by atoms with Crippen LogP contribution in [0.3, 0.4) is 0 Å². The molecule has 0 saturated carbocycles. The molecule has 2 atom stereocenters. The predicted octanol–water partition coefficient (Wildman–Crippen LogP) is -0.454. The van der Waals surface area contributed by atoms with Crippen LogP contribution in [0.5, 0.6) is 0 Å². The summed E-state index contributed by atoms with van der Waals surface area (Å²) in [6, 6.07) is 9.97. The Balaban J connectivity index is 0.00000320. The van der Waals surface area contributed by atoms with Gasteiger partial charge in [0.15, 0.2) is 12.3 Å². The van der Waals surface area contributed by atoms with Crippen molar-refractivity contribution in [3.63, 3.8) is 0 Å². The molecule has 0 spiro atoms. The SMILES string of the molecule is COC(CN(C)C(=O)[N-]C1(N2CCNCC2)C=CC=CC1c1ccccc1)OC.[Li+]. The predicted molar refractivity (Wildman–Crippen MR) is 114 cm³/mol. The molecule has 7 nitrogen and oxygen atoms in total. The van der Waals surface area contributed by atoms with E-state index in [1.54, 1.807) is 26.2 Å². The van der Waals surface area contributed by atoms with Gasteiger partial charge in [0.05, 0.1) is 5.66 Å². The summed E-state index contributed by atoms with van der Waals surface area (Å²) < 4.78 is 10.5. The average molecular weight is 406 g/mol. The number of nitrogens with one attached hydrogen (secondary N) is 1. The summed E-state index contributed by atoms with van der Waals surface area (Å²) in [7, 11) is 4.85. The molecular weight excluding hydrogens is 375 g/mol. The van der Waals surface area contributed by atoms with Crippen molar-refractivity contribution >= 4 is 6.03 Å². The molecule has 1 aromatic rings. The van der Waals surface area contributed by atoms with Crippen LogP contribution in [-0.2, 0) is 9.47 Å². The van der Waals surface area contributed by atoms with Crippen LogP contribution in [0.25, 0.3) is 5.32 Å². The van der Waals surface area contributed by atoms with Crippen molar-refractivity contribution in [2.24, 2.45) is 0 Å². The molecular formula is C22H31LiN4O3. The van der Waals surface area contributed by atoms with Crippen LogP contribution in [0.4, 0.5) is 4.79 Å². The normalized spacial score (nSPS) is 23.8. The molecule has 1 saturated heterocycles. The number of benzene rings is 1. The van der Waals surface area contributed by atoms with Crippen LogP contribution in [0.2, 0.25) is 0 Å². The van der Waals surface area contributed by atoms with Crippen LogP contribution in [-0.4, -0.2) is 81.8 Å². The van der Waals surface area contributed by atoms with E-state index >= 15 is 0 Å². The minimum Gasteiger partial charge on any atom is -0.435 e. The molecule has 1 fully saturated rings. The quantitative estimate of drug-likeness (QED) is 0.491. The van der Waals surface area contributed by atoms with Crippen LogP contribution >= 0.6 is 0 Å². The number of piperazine rings is 1. The van der Waals surface area contributed by atoms with Gasteiger partial charge in [0.2, 0.25) is 0 Å². The van der Waals surface area contributed by atoms with Crippen molar-refractivity contribution in [3.05, 3.63) is 65.5 Å². The van der Waals surface area contributed by atoms with E-state index in [-0.39, 0.29) is 30.8 Å². The number of allylic oxidation sites excluding steroid dienone is 2. The third-order valence-electron chi connectivity index (χ3n) is 5.55. The maximum atomic E-state index is 13.2. The first-order valence-corrected chi connectivity index (χ1v) is 10.0. The second-order valence-electron chi connectivity index (χ2n) is 7.33. The Hall–Kier alpha value is -1.59. The van der Waals surface area contributed by atoms with Gasteiger partial charge in [-0.3, -0.25) is 9.69 Å². The van der Waals surface area contributed by atoms with Crippen LogP contribution in [0, 0.1) is 0 Å². The number of hydrogen-bond donors (Lipinski definition) is 1. The molecule has 8 heteroatoms. The standard InChI is InChI=1S/C22H32N4O3.Li/c1-25(17-20(28-2)29-3)21(27)24-22(26-15-13-23-14-16-26)12-8-7-11-19(22)18-9-5-4-6-10-18;/h4-12,19-20,23H,13-17H2,1-3H3,(H,24,27);/q;+1/p-1. The third-order valence-corrected chi connectivity index (χ3v) is 5.55. The summed E-state index contributed by atoms with van der Waals surface area (Å²) in [5, 5.41) is 8.20. The molecule has 2 amide bonds. The second kappa shape index (κ2) is 11.7. The Labute approximate surface area is 191 Å². The molecule has 1 aliphatic carbocycles. The maximum Gasteiger partial charge on any atom is 1.00 e. The van der Waals surface area contributed by atoms with Crippen molar-refractivity contribution in [1.82, 2.24) is 15.1 Å². The fraction of sp³-hybridized carbons (Fsp3) is 0.500. The van der Waals surface area contributed by atoms with Gasteiger partial charge < -0.3 is 25.0 Å². The number of urea groups is 1. The van der Waals surface area contributed by atoms with Gasteiger partial charge in [-0.05, 0) is 5.56 Å². The molecule has 1 aliphatic heterocycles. The van der Waals surface area contributed by atoms with Crippen molar-refractivity contribution in [3.8, 4) is 0 Å². The van der Waals surface area contributed by atoms with E-state index in [1.807, 2.05) is 30.4 Å². The molecule has 0 radical (unpaired) electrons. The number of carbonyl (C=O) groups excluding carboxylic acids is 1. The number of hydrogen-bond acceptors (Lipinski definition) is 5. The van der Waals surface area contributed by atoms with E-state index in [2.05, 4.69) is 34.5 Å². The second-order valence-corrected chi connectivity index (χ2v) is 7.33. The largest absolute Gasteiger partial charge is 1.00 e. The number of ether oxygens (including phenoxy) is 2. The zero-order valence-corrected chi connectivity index (χ0v) is 18.5. The smallest absolute Gasteiger partial charge is 0.435 e. The summed E-state index contributed by atoms with van der Waals surface area (Å²) in [5.74, 6) is -0.0511. The molecule has 2 aliphatic rings. The molecule has 0 aromatic heterocycles. The van der Waals surface area contributed by atoms with Gasteiger partial charge >= 0.3 is 18.9 Å². The van der Waals surface area contributed by atoms with E-state index in [9.17, 15) is 4.79 Å². The number of rotatable bonds is 7. The van der Waals surface area contributed by atoms with Gasteiger partial charge in [-0.15, -0.1) is 0 Å². The maximum absolute atomic E-state index is 13.2. The summed E-state index contributed by atoms with van der Waals surface area (Å²) in [4.78, 5) is 17.0. The monoisotopic (exact) mass is 406 g/mol. The summed E-state index contributed by atoms with van der Waals surface area (Å²) in [6.07, 6.45) is 7.74. The molecule has 1 heterocycles. The van der Waals surface area contributed by atoms with Gasteiger partial charge in [0, 0.05) is 52.9 Å². The molecule has 1 N–H and O–H groups in total. The number of likely N-dealkylation sites (N-methyl/N-ethyl adjacent to an activating group) is 1. The first kappa shape index (κ1) is 24.7. The molecule has 158 valence electrons. The number of methoxy groups -OCH3 is 2. The average Bonchev–Trinajstić information content (AvgIpc) is 2.78. The van der Waals surface area contributed by atoms with Crippen LogP contribution < -0.4 is 24.2 Å². The summed E-state index contributed by atoms with van der Waals surface area (Å²) in [5.41, 5.74) is 0.372. The Kier molecular flexibility index (Phi) is 9.63. The van der Waals surface area contributed by atoms with Gasteiger partial charge in [-0.2, -0.15) is 0 Å². The van der Waals surface area contributed by atoms with Gasteiger partial charge in [-0.1, -0.05) is 61.7 Å². The van der Waals surface area contributed by atoms with E-state index in [1.165, 1.54) is 0 Å². The Morgan fingerprint density at radius 2 is 1.90 bits per heavy atom. The van der Waals surface area contributed by atoms with E-state index in [0.717, 1.165) is 31.7 Å². The molecule has 1 aromatic carbocycles. The zero-order chi connectivity index (χ0) is 20.7. The number of carbonyl (C=O) groups is 1. The van der Waals surface area contributed by atoms with Crippen molar-refractivity contribution in [1.29, 1.82) is 0 Å². The van der Waals surface area contributed by atoms with Crippen molar-refractivity contribution in [2.75, 3.05) is 54.0 Å². The molecule has 2 unspecified atom stereocenters. The first-order valence-electron chi connectivity index (χ1n) is 10.0. The summed E-state index contributed by atoms with van der Waals surface area (Å²) >= 11 is 0. The van der Waals surface area contributed by atoms with Gasteiger partial charge in [0.25, 0.3) is 0 Å². The topological polar surface area (TPSA) is 68.1 Å². The van der Waals surface area contributed by atoms with Gasteiger partial charge in [-0.25, -0.2) is 0 Å². The van der Waals surface area contributed by atoms with Crippen LogP contribution in [0.1, 0.15) is 11.5 Å². The van der Waals surface area contributed by atoms with Crippen molar-refractivity contribution < 1.29 is 33.1 Å². The zero-order valence-electron chi connectivity index (χ0n) is 18.5. The fourth-order valence-electron chi connectivity index (χ4n) is 3.92. The number of amides is 2. The minimum atomic E-state index is -0.765. The fourth-order valence-corrected chi connectivity index (χ4v) is 3.92. The minimum absolute atomic E-state index is 0. The molecule has 0 bridgehead atoms. The van der Waals surface area contributed by atoms with E-state index in [0.29, 0.717) is 6.54 Å². The van der Waals surface area contributed by atoms with E-state index in [4.69, 9.17) is 14.8 Å². The van der Waals surface area contributed by atoms with Crippen molar-refractivity contribution in [2.45, 2.75) is 17.9 Å². The van der Waals surface area contributed by atoms with E-state index < -0.39 is 12.0 Å². The first-order chi connectivity index (χ1) is 14.1. The van der Waals surface area contributed by atoms with Gasteiger partial charge in [0.1, 0.15) is 0 Å². The summed E-state index contributed by atoms with van der Waals surface area (Å²) in [6.45, 7) is 3.69. The Morgan fingerprint density at radius 1 is 1.23 bits per heavy atom. The Bertz CT molecular complexity index is 720.